The number of allylic oxidation sites excluding steroid dienone is 1. The third-order valence-corrected chi connectivity index (χ3v) is 8.78. The number of amides is 2. The largest absolute Gasteiger partial charge is 0.355 e. The van der Waals surface area contributed by atoms with Crippen LogP contribution in [0.15, 0.2) is 57.3 Å². The fraction of sp³-hybridized carbons (Fsp3) is 0.467. The third-order valence-electron chi connectivity index (χ3n) is 6.91. The third kappa shape index (κ3) is 9.07. The molecule has 39 heavy (non-hydrogen) atoms. The molecule has 0 bridgehead atoms. The Morgan fingerprint density at radius 3 is 2.69 bits per heavy atom. The summed E-state index contributed by atoms with van der Waals surface area (Å²) in [5.74, 6) is 0.221. The minimum absolute atomic E-state index is 0.0384. The SMILES string of the molecule is Cc1ccc(CNC(=O)CCCCCn2c(SCC(=O)NCCC3=CCCCC3)nc3ccsc3c2=O)cc1. The predicted molar refractivity (Wildman–Crippen MR) is 160 cm³/mol. The summed E-state index contributed by atoms with van der Waals surface area (Å²) < 4.78 is 2.33. The molecule has 0 unspecified atom stereocenters. The topological polar surface area (TPSA) is 93.1 Å². The van der Waals surface area contributed by atoms with E-state index in [1.54, 1.807) is 4.57 Å². The first-order chi connectivity index (χ1) is 19.0. The van der Waals surface area contributed by atoms with Gasteiger partial charge in [0, 0.05) is 26.1 Å². The molecular weight excluding hydrogens is 528 g/mol. The number of hydrogen-bond donors (Lipinski definition) is 2. The molecule has 2 heterocycles. The number of benzene rings is 1. The molecule has 1 aliphatic carbocycles. The Morgan fingerprint density at radius 2 is 1.90 bits per heavy atom. The van der Waals surface area contributed by atoms with Crippen molar-refractivity contribution in [3.8, 4) is 0 Å². The van der Waals surface area contributed by atoms with E-state index < -0.39 is 0 Å². The second-order valence-electron chi connectivity index (χ2n) is 10.1. The zero-order valence-electron chi connectivity index (χ0n) is 22.7. The van der Waals surface area contributed by atoms with Crippen LogP contribution in [0.2, 0.25) is 0 Å². The summed E-state index contributed by atoms with van der Waals surface area (Å²) in [4.78, 5) is 42.6. The number of aromatic nitrogens is 2. The van der Waals surface area contributed by atoms with Gasteiger partial charge in [0.15, 0.2) is 5.16 Å². The number of fused-ring (bicyclic) bond motifs is 1. The number of thiophene rings is 1. The number of rotatable bonds is 14. The van der Waals surface area contributed by atoms with E-state index in [1.165, 1.54) is 47.1 Å². The first-order valence-electron chi connectivity index (χ1n) is 13.9. The Hall–Kier alpha value is -2.91. The van der Waals surface area contributed by atoms with Gasteiger partial charge in [0.05, 0.1) is 11.3 Å². The maximum Gasteiger partial charge on any atom is 0.272 e. The summed E-state index contributed by atoms with van der Waals surface area (Å²) in [6.45, 7) is 3.74. The average molecular weight is 567 g/mol. The number of hydrogen-bond acceptors (Lipinski definition) is 6. The van der Waals surface area contributed by atoms with Crippen molar-refractivity contribution >= 4 is 45.1 Å². The number of nitrogens with one attached hydrogen (secondary N) is 2. The van der Waals surface area contributed by atoms with Crippen LogP contribution in [-0.2, 0) is 22.7 Å². The monoisotopic (exact) mass is 566 g/mol. The second kappa shape index (κ2) is 15.0. The van der Waals surface area contributed by atoms with Gasteiger partial charge in [0.25, 0.3) is 5.56 Å². The van der Waals surface area contributed by atoms with Gasteiger partial charge in [-0.15, -0.1) is 11.3 Å². The van der Waals surface area contributed by atoms with Crippen molar-refractivity contribution < 1.29 is 9.59 Å². The number of carbonyl (C=O) groups excluding carboxylic acids is 2. The zero-order valence-corrected chi connectivity index (χ0v) is 24.3. The van der Waals surface area contributed by atoms with E-state index in [9.17, 15) is 14.4 Å². The Morgan fingerprint density at radius 1 is 1.05 bits per heavy atom. The van der Waals surface area contributed by atoms with Crippen LogP contribution in [0, 0.1) is 6.92 Å². The molecular formula is C30H38N4O3S2. The fourth-order valence-corrected chi connectivity index (χ4v) is 6.27. The molecule has 7 nitrogen and oxygen atoms in total. The molecule has 1 aliphatic rings. The Balaban J connectivity index is 1.23. The minimum atomic E-state index is -0.0574. The van der Waals surface area contributed by atoms with E-state index in [1.807, 2.05) is 42.6 Å². The lowest BCUT2D eigenvalue weighted by molar-refractivity contribution is -0.121. The van der Waals surface area contributed by atoms with Crippen LogP contribution in [0.5, 0.6) is 0 Å². The highest BCUT2D eigenvalue weighted by atomic mass is 32.2. The van der Waals surface area contributed by atoms with Gasteiger partial charge < -0.3 is 10.6 Å². The predicted octanol–water partition coefficient (Wildman–Crippen LogP) is 5.74. The molecule has 1 aromatic carbocycles. The summed E-state index contributed by atoms with van der Waals surface area (Å²) in [6, 6.07) is 9.99. The molecule has 208 valence electrons. The number of aryl methyl sites for hydroxylation is 1. The molecule has 3 aromatic rings. The molecule has 2 amide bonds. The Bertz CT molecular complexity index is 1340. The summed E-state index contributed by atoms with van der Waals surface area (Å²) in [7, 11) is 0. The van der Waals surface area contributed by atoms with Crippen LogP contribution >= 0.6 is 23.1 Å². The average Bonchev–Trinajstić information content (AvgIpc) is 3.42. The number of carbonyl (C=O) groups is 2. The van der Waals surface area contributed by atoms with E-state index >= 15 is 0 Å². The molecule has 2 aromatic heterocycles. The van der Waals surface area contributed by atoms with Crippen molar-refractivity contribution in [2.24, 2.45) is 0 Å². The van der Waals surface area contributed by atoms with E-state index in [0.29, 0.717) is 41.4 Å². The summed E-state index contributed by atoms with van der Waals surface area (Å²) in [5, 5.41) is 8.43. The van der Waals surface area contributed by atoms with Gasteiger partial charge >= 0.3 is 0 Å². The van der Waals surface area contributed by atoms with Crippen LogP contribution in [0.3, 0.4) is 0 Å². The first kappa shape index (κ1) is 29.1. The Labute approximate surface area is 238 Å². The van der Waals surface area contributed by atoms with Gasteiger partial charge in [0.1, 0.15) is 4.70 Å². The second-order valence-corrected chi connectivity index (χ2v) is 11.9. The smallest absolute Gasteiger partial charge is 0.272 e. The van der Waals surface area contributed by atoms with Crippen LogP contribution in [0.1, 0.15) is 68.9 Å². The van der Waals surface area contributed by atoms with Crippen molar-refractivity contribution in [3.05, 3.63) is 68.8 Å². The van der Waals surface area contributed by atoms with Crippen molar-refractivity contribution in [1.82, 2.24) is 20.2 Å². The van der Waals surface area contributed by atoms with Gasteiger partial charge in [-0.1, -0.05) is 59.7 Å². The van der Waals surface area contributed by atoms with Gasteiger partial charge in [-0.05, 0) is 68.9 Å². The van der Waals surface area contributed by atoms with Crippen molar-refractivity contribution in [3.63, 3.8) is 0 Å². The van der Waals surface area contributed by atoms with E-state index in [-0.39, 0.29) is 23.1 Å². The molecule has 0 spiro atoms. The van der Waals surface area contributed by atoms with Crippen LogP contribution in [0.4, 0.5) is 0 Å². The maximum atomic E-state index is 13.2. The molecule has 0 radical (unpaired) electrons. The van der Waals surface area contributed by atoms with Gasteiger partial charge in [0.2, 0.25) is 11.8 Å². The molecule has 2 N–H and O–H groups in total. The molecule has 4 rings (SSSR count). The standard InChI is InChI=1S/C30H38N4O3S2/c1-22-11-13-24(14-12-22)20-32-26(35)10-6-3-7-18-34-29(37)28-25(16-19-38-28)33-30(34)39-21-27(36)31-17-15-23-8-4-2-5-9-23/h8,11-14,16,19H,2-7,9-10,15,17-18,20-21H2,1H3,(H,31,36)(H,32,35). The van der Waals surface area contributed by atoms with Gasteiger partial charge in [-0.2, -0.15) is 0 Å². The maximum absolute atomic E-state index is 13.2. The number of thioether (sulfide) groups is 1. The van der Waals surface area contributed by atoms with E-state index in [0.717, 1.165) is 44.1 Å². The highest BCUT2D eigenvalue weighted by molar-refractivity contribution is 7.99. The van der Waals surface area contributed by atoms with E-state index in [4.69, 9.17) is 4.98 Å². The van der Waals surface area contributed by atoms with E-state index in [2.05, 4.69) is 16.7 Å². The molecule has 0 aliphatic heterocycles. The quantitative estimate of drug-likeness (QED) is 0.112. The molecule has 9 heteroatoms. The van der Waals surface area contributed by atoms with Crippen LogP contribution in [-0.4, -0.2) is 33.7 Å². The summed E-state index contributed by atoms with van der Waals surface area (Å²) in [5.41, 5.74) is 4.35. The zero-order chi connectivity index (χ0) is 27.5. The molecule has 0 atom stereocenters. The fourth-order valence-electron chi connectivity index (χ4n) is 4.63. The van der Waals surface area contributed by atoms with Gasteiger partial charge in [-0.3, -0.25) is 19.0 Å². The highest BCUT2D eigenvalue weighted by Crippen LogP contribution is 2.22. The minimum Gasteiger partial charge on any atom is -0.355 e. The lowest BCUT2D eigenvalue weighted by atomic mass is 9.97. The first-order valence-corrected chi connectivity index (χ1v) is 15.7. The number of unbranched alkanes of at least 4 members (excludes halogenated alkanes) is 2. The number of nitrogens with zero attached hydrogens (tertiary/aromatic N) is 2. The van der Waals surface area contributed by atoms with Crippen molar-refractivity contribution in [2.45, 2.75) is 83.0 Å². The van der Waals surface area contributed by atoms with Gasteiger partial charge in [-0.25, -0.2) is 4.98 Å². The molecule has 0 fully saturated rings. The summed E-state index contributed by atoms with van der Waals surface area (Å²) >= 11 is 2.71. The molecule has 0 saturated carbocycles. The van der Waals surface area contributed by atoms with Crippen molar-refractivity contribution in [2.75, 3.05) is 12.3 Å². The summed E-state index contributed by atoms with van der Waals surface area (Å²) in [6.07, 6.45) is 10.8. The normalized spacial score (nSPS) is 13.3. The highest BCUT2D eigenvalue weighted by Gasteiger charge is 2.14. The Kier molecular flexibility index (Phi) is 11.2. The van der Waals surface area contributed by atoms with Crippen molar-refractivity contribution in [1.29, 1.82) is 0 Å². The van der Waals surface area contributed by atoms with Crippen LogP contribution in [0.25, 0.3) is 10.2 Å². The van der Waals surface area contributed by atoms with Crippen LogP contribution < -0.4 is 16.2 Å². The molecule has 0 saturated heterocycles. The lowest BCUT2D eigenvalue weighted by Crippen LogP contribution is -2.28. The lowest BCUT2D eigenvalue weighted by Gasteiger charge is -2.14.